The summed E-state index contributed by atoms with van der Waals surface area (Å²) in [6.45, 7) is 5.73. The smallest absolute Gasteiger partial charge is 0.237 e. The van der Waals surface area contributed by atoms with E-state index in [0.29, 0.717) is 16.4 Å². The summed E-state index contributed by atoms with van der Waals surface area (Å²) in [5.41, 5.74) is 1.10. The molecule has 0 spiro atoms. The number of nitrogens with zero attached hydrogens (tertiary/aromatic N) is 5. The van der Waals surface area contributed by atoms with Gasteiger partial charge in [0.2, 0.25) is 11.1 Å². The molecular weight excluding hydrogens is 300 g/mol. The summed E-state index contributed by atoms with van der Waals surface area (Å²) in [5.74, 6) is -0.168. The van der Waals surface area contributed by atoms with Gasteiger partial charge in [0, 0.05) is 5.69 Å². The van der Waals surface area contributed by atoms with Crippen LogP contribution in [0.1, 0.15) is 32.4 Å². The van der Waals surface area contributed by atoms with Gasteiger partial charge in [-0.3, -0.25) is 4.79 Å². The van der Waals surface area contributed by atoms with E-state index in [2.05, 4.69) is 20.8 Å². The number of amides is 1. The minimum absolute atomic E-state index is 0.125. The van der Waals surface area contributed by atoms with Gasteiger partial charge in [-0.15, -0.1) is 5.10 Å². The Morgan fingerprint density at radius 3 is 2.86 bits per heavy atom. The van der Waals surface area contributed by atoms with Crippen molar-refractivity contribution >= 4 is 23.4 Å². The zero-order valence-corrected chi connectivity index (χ0v) is 13.3. The average Bonchev–Trinajstić information content (AvgIpc) is 2.95. The van der Waals surface area contributed by atoms with E-state index in [9.17, 15) is 4.79 Å². The second-order valence-electron chi connectivity index (χ2n) is 4.94. The fourth-order valence-corrected chi connectivity index (χ4v) is 2.63. The number of carbonyl (C=O) groups excluding carboxylic acids is 1. The molecule has 8 heteroatoms. The number of anilines is 1. The lowest BCUT2D eigenvalue weighted by Gasteiger charge is -2.13. The zero-order chi connectivity index (χ0) is 16.1. The number of hydrogen-bond donors (Lipinski definition) is 1. The van der Waals surface area contributed by atoms with Crippen molar-refractivity contribution < 1.29 is 4.79 Å². The maximum Gasteiger partial charge on any atom is 0.237 e. The van der Waals surface area contributed by atoms with Gasteiger partial charge in [-0.1, -0.05) is 17.8 Å². The van der Waals surface area contributed by atoms with Crippen LogP contribution in [-0.4, -0.2) is 31.4 Å². The van der Waals surface area contributed by atoms with Gasteiger partial charge in [0.05, 0.1) is 22.9 Å². The SMILES string of the molecule is CC(Sc1nnnn1C(C)C)C(=O)Nc1cccc(C#N)c1. The maximum atomic E-state index is 12.2. The van der Waals surface area contributed by atoms with Gasteiger partial charge >= 0.3 is 0 Å². The molecule has 0 aliphatic heterocycles. The highest BCUT2D eigenvalue weighted by Crippen LogP contribution is 2.23. The van der Waals surface area contributed by atoms with Crippen molar-refractivity contribution in [3.63, 3.8) is 0 Å². The number of tetrazole rings is 1. The molecule has 0 aliphatic carbocycles. The van der Waals surface area contributed by atoms with E-state index in [1.807, 2.05) is 19.9 Å². The number of hydrogen-bond acceptors (Lipinski definition) is 6. The van der Waals surface area contributed by atoms with Gasteiger partial charge in [0.25, 0.3) is 0 Å². The van der Waals surface area contributed by atoms with Crippen molar-refractivity contribution in [2.75, 3.05) is 5.32 Å². The predicted molar refractivity (Wildman–Crippen MR) is 83.3 cm³/mol. The lowest BCUT2D eigenvalue weighted by Crippen LogP contribution is -2.23. The van der Waals surface area contributed by atoms with E-state index in [4.69, 9.17) is 5.26 Å². The fourth-order valence-electron chi connectivity index (χ4n) is 1.71. The number of thioether (sulfide) groups is 1. The third-order valence-electron chi connectivity index (χ3n) is 2.86. The summed E-state index contributed by atoms with van der Waals surface area (Å²) >= 11 is 1.29. The molecule has 0 fully saturated rings. The van der Waals surface area contributed by atoms with Crippen LogP contribution in [0.15, 0.2) is 29.4 Å². The lowest BCUT2D eigenvalue weighted by molar-refractivity contribution is -0.115. The molecule has 2 aromatic rings. The molecule has 0 saturated carbocycles. The number of benzene rings is 1. The van der Waals surface area contributed by atoms with Crippen LogP contribution in [0.5, 0.6) is 0 Å². The third kappa shape index (κ3) is 3.83. The molecule has 1 atom stereocenters. The molecule has 7 nitrogen and oxygen atoms in total. The van der Waals surface area contributed by atoms with Gasteiger partial charge in [0.15, 0.2) is 0 Å². The molecule has 0 saturated heterocycles. The summed E-state index contributed by atoms with van der Waals surface area (Å²) in [5, 5.41) is 23.4. The van der Waals surface area contributed by atoms with Gasteiger partial charge in [-0.2, -0.15) is 5.26 Å². The molecule has 1 aromatic heterocycles. The van der Waals surface area contributed by atoms with Crippen molar-refractivity contribution in [1.82, 2.24) is 20.2 Å². The van der Waals surface area contributed by atoms with E-state index in [1.165, 1.54) is 11.8 Å². The highest BCUT2D eigenvalue weighted by atomic mass is 32.2. The summed E-state index contributed by atoms with van der Waals surface area (Å²) in [6, 6.07) is 8.95. The largest absolute Gasteiger partial charge is 0.325 e. The molecule has 22 heavy (non-hydrogen) atoms. The molecule has 0 bridgehead atoms. The quantitative estimate of drug-likeness (QED) is 0.850. The van der Waals surface area contributed by atoms with Crippen LogP contribution in [-0.2, 0) is 4.79 Å². The summed E-state index contributed by atoms with van der Waals surface area (Å²) in [7, 11) is 0. The number of aromatic nitrogens is 4. The Kier molecular flexibility index (Phi) is 5.12. The summed E-state index contributed by atoms with van der Waals surface area (Å²) in [4.78, 5) is 12.2. The van der Waals surface area contributed by atoms with Crippen molar-refractivity contribution in [2.45, 2.75) is 37.2 Å². The molecular formula is C14H16N6OS. The molecule has 1 aromatic carbocycles. The zero-order valence-electron chi connectivity index (χ0n) is 12.5. The maximum absolute atomic E-state index is 12.2. The Hall–Kier alpha value is -2.40. The first-order chi connectivity index (χ1) is 10.5. The van der Waals surface area contributed by atoms with Gasteiger partial charge < -0.3 is 5.32 Å². The summed E-state index contributed by atoms with van der Waals surface area (Å²) < 4.78 is 1.67. The third-order valence-corrected chi connectivity index (χ3v) is 3.91. The van der Waals surface area contributed by atoms with Crippen molar-refractivity contribution in [3.05, 3.63) is 29.8 Å². The average molecular weight is 316 g/mol. The molecule has 0 aliphatic rings. The van der Waals surface area contributed by atoms with Crippen LogP contribution >= 0.6 is 11.8 Å². The molecule has 1 amide bonds. The number of nitrogens with one attached hydrogen (secondary N) is 1. The van der Waals surface area contributed by atoms with E-state index in [0.717, 1.165) is 0 Å². The Labute approximate surface area is 132 Å². The highest BCUT2D eigenvalue weighted by molar-refractivity contribution is 8.00. The van der Waals surface area contributed by atoms with E-state index >= 15 is 0 Å². The Bertz CT molecular complexity index is 705. The van der Waals surface area contributed by atoms with E-state index < -0.39 is 0 Å². The molecule has 2 rings (SSSR count). The van der Waals surface area contributed by atoms with Gasteiger partial charge in [0.1, 0.15) is 0 Å². The van der Waals surface area contributed by atoms with Crippen LogP contribution in [0.3, 0.4) is 0 Å². The van der Waals surface area contributed by atoms with Crippen molar-refractivity contribution in [2.24, 2.45) is 0 Å². The minimum Gasteiger partial charge on any atom is -0.325 e. The fraction of sp³-hybridized carbons (Fsp3) is 0.357. The minimum atomic E-state index is -0.366. The molecule has 1 unspecified atom stereocenters. The lowest BCUT2D eigenvalue weighted by atomic mass is 10.2. The summed E-state index contributed by atoms with van der Waals surface area (Å²) in [6.07, 6.45) is 0. The van der Waals surface area contributed by atoms with E-state index in [-0.39, 0.29) is 17.2 Å². The van der Waals surface area contributed by atoms with Crippen LogP contribution in [0.4, 0.5) is 5.69 Å². The molecule has 114 valence electrons. The molecule has 0 radical (unpaired) electrons. The monoisotopic (exact) mass is 316 g/mol. The number of nitriles is 1. The molecule has 1 heterocycles. The second kappa shape index (κ2) is 7.04. The number of carbonyl (C=O) groups is 1. The van der Waals surface area contributed by atoms with Crippen LogP contribution in [0.2, 0.25) is 0 Å². The second-order valence-corrected chi connectivity index (χ2v) is 6.25. The normalized spacial score (nSPS) is 12.0. The standard InChI is InChI=1S/C14H16N6OS/c1-9(2)20-14(17-18-19-20)22-10(3)13(21)16-12-6-4-5-11(7-12)8-15/h4-7,9-10H,1-3H3,(H,16,21). The van der Waals surface area contributed by atoms with Crippen molar-refractivity contribution in [3.8, 4) is 6.07 Å². The first-order valence-corrected chi connectivity index (χ1v) is 7.64. The van der Waals surface area contributed by atoms with Crippen molar-refractivity contribution in [1.29, 1.82) is 5.26 Å². The highest BCUT2D eigenvalue weighted by Gasteiger charge is 2.19. The topological polar surface area (TPSA) is 96.5 Å². The number of rotatable bonds is 5. The predicted octanol–water partition coefficient (Wildman–Crippen LogP) is 2.24. The first kappa shape index (κ1) is 16.0. The van der Waals surface area contributed by atoms with Gasteiger partial charge in [-0.25, -0.2) is 4.68 Å². The Morgan fingerprint density at radius 1 is 1.41 bits per heavy atom. The van der Waals surface area contributed by atoms with Crippen LogP contribution < -0.4 is 5.32 Å². The van der Waals surface area contributed by atoms with Crippen LogP contribution in [0, 0.1) is 11.3 Å². The van der Waals surface area contributed by atoms with Gasteiger partial charge in [-0.05, 0) is 49.4 Å². The first-order valence-electron chi connectivity index (χ1n) is 6.77. The molecule has 1 N–H and O–H groups in total. The van der Waals surface area contributed by atoms with E-state index in [1.54, 1.807) is 35.9 Å². The van der Waals surface area contributed by atoms with Crippen LogP contribution in [0.25, 0.3) is 0 Å². The Balaban J connectivity index is 2.03. The Morgan fingerprint density at radius 2 is 2.18 bits per heavy atom.